The lowest BCUT2D eigenvalue weighted by Gasteiger charge is -2.23. The number of amides is 1. The summed E-state index contributed by atoms with van der Waals surface area (Å²) in [5.41, 5.74) is 2.30. The molecule has 0 saturated heterocycles. The molecule has 7 nitrogen and oxygen atoms in total. The highest BCUT2D eigenvalue weighted by Crippen LogP contribution is 2.34. The zero-order valence-electron chi connectivity index (χ0n) is 16.3. The van der Waals surface area contributed by atoms with E-state index in [9.17, 15) is 4.79 Å². The van der Waals surface area contributed by atoms with Gasteiger partial charge in [0.2, 0.25) is 11.9 Å². The number of nitrogens with one attached hydrogen (secondary N) is 2. The molecule has 0 unspecified atom stereocenters. The highest BCUT2D eigenvalue weighted by atomic mass is 32.2. The van der Waals surface area contributed by atoms with Crippen LogP contribution in [0.5, 0.6) is 0 Å². The Hall–Kier alpha value is -3.00. The molecule has 1 aliphatic rings. The van der Waals surface area contributed by atoms with Crippen LogP contribution in [0.15, 0.2) is 55.1 Å². The highest BCUT2D eigenvalue weighted by molar-refractivity contribution is 8.01. The lowest BCUT2D eigenvalue weighted by Crippen LogP contribution is -2.35. The van der Waals surface area contributed by atoms with Gasteiger partial charge >= 0.3 is 0 Å². The van der Waals surface area contributed by atoms with Crippen LogP contribution in [0.4, 0.5) is 11.6 Å². The van der Waals surface area contributed by atoms with Gasteiger partial charge in [-0.25, -0.2) is 9.97 Å². The van der Waals surface area contributed by atoms with Crippen molar-refractivity contribution in [3.8, 4) is 11.3 Å². The lowest BCUT2D eigenvalue weighted by molar-refractivity contribution is -0.120. The molecule has 0 bridgehead atoms. The van der Waals surface area contributed by atoms with Gasteiger partial charge in [0.05, 0.1) is 23.0 Å². The van der Waals surface area contributed by atoms with Crippen molar-refractivity contribution in [2.45, 2.75) is 37.4 Å². The second-order valence-corrected chi connectivity index (χ2v) is 8.54. The molecule has 0 spiro atoms. The molecule has 8 heteroatoms. The summed E-state index contributed by atoms with van der Waals surface area (Å²) in [7, 11) is 0. The molecule has 2 aromatic heterocycles. The summed E-state index contributed by atoms with van der Waals surface area (Å²) >= 11 is 1.64. The van der Waals surface area contributed by atoms with E-state index in [1.54, 1.807) is 42.8 Å². The second-order valence-electron chi connectivity index (χ2n) is 7.43. The largest absolute Gasteiger partial charge is 0.325 e. The van der Waals surface area contributed by atoms with Gasteiger partial charge < -0.3 is 5.32 Å². The van der Waals surface area contributed by atoms with Gasteiger partial charge in [0.1, 0.15) is 0 Å². The minimum atomic E-state index is -0.812. The molecular formula is C21H22N6OS. The summed E-state index contributed by atoms with van der Waals surface area (Å²) in [5.74, 6) is 0.401. The molecule has 1 aromatic carbocycles. The first-order valence-electron chi connectivity index (χ1n) is 9.45. The van der Waals surface area contributed by atoms with E-state index in [2.05, 4.69) is 30.0 Å². The van der Waals surface area contributed by atoms with Crippen molar-refractivity contribution in [2.24, 2.45) is 0 Å². The molecule has 1 amide bonds. The molecular weight excluding hydrogens is 384 g/mol. The Balaban J connectivity index is 1.44. The summed E-state index contributed by atoms with van der Waals surface area (Å²) < 4.78 is 3.18. The predicted molar refractivity (Wildman–Crippen MR) is 115 cm³/mol. The van der Waals surface area contributed by atoms with E-state index in [-0.39, 0.29) is 5.91 Å². The van der Waals surface area contributed by atoms with Crippen LogP contribution in [0, 0.1) is 0 Å². The maximum atomic E-state index is 13.0. The Morgan fingerprint density at radius 3 is 2.55 bits per heavy atom. The topological polar surface area (TPSA) is 92.7 Å². The van der Waals surface area contributed by atoms with Crippen molar-refractivity contribution < 1.29 is 4.79 Å². The Kier molecular flexibility index (Phi) is 5.44. The Bertz CT molecular complexity index is 990. The Labute approximate surface area is 173 Å². The molecule has 2 N–H and O–H groups in total. The molecule has 148 valence electrons. The van der Waals surface area contributed by atoms with E-state index < -0.39 is 5.41 Å². The maximum absolute atomic E-state index is 13.0. The molecule has 4 rings (SSSR count). The quantitative estimate of drug-likeness (QED) is 0.571. The average molecular weight is 407 g/mol. The molecule has 0 atom stereocenters. The third kappa shape index (κ3) is 4.71. The van der Waals surface area contributed by atoms with Crippen molar-refractivity contribution in [1.82, 2.24) is 19.9 Å². The van der Waals surface area contributed by atoms with Crippen molar-refractivity contribution >= 4 is 29.5 Å². The van der Waals surface area contributed by atoms with Crippen molar-refractivity contribution in [2.75, 3.05) is 10.0 Å². The monoisotopic (exact) mass is 406 g/mol. The molecule has 1 fully saturated rings. The lowest BCUT2D eigenvalue weighted by atomic mass is 9.88. The van der Waals surface area contributed by atoms with Crippen LogP contribution in [-0.2, 0) is 10.2 Å². The van der Waals surface area contributed by atoms with Gasteiger partial charge in [-0.3, -0.25) is 19.5 Å². The van der Waals surface area contributed by atoms with Crippen LogP contribution in [0.2, 0.25) is 0 Å². The fraction of sp³-hybridized carbons (Fsp3) is 0.286. The SMILES string of the molecule is CC(C)(C(=O)Nc1ccc(-c2cnccn2)cc1)c1ccnc(NSC2CC2)n1. The number of hydrogen-bond acceptors (Lipinski definition) is 7. The summed E-state index contributed by atoms with van der Waals surface area (Å²) in [6, 6.07) is 9.32. The van der Waals surface area contributed by atoms with Gasteiger partial charge in [-0.05, 0) is 56.8 Å². The zero-order valence-corrected chi connectivity index (χ0v) is 17.1. The smallest absolute Gasteiger partial charge is 0.236 e. The summed E-state index contributed by atoms with van der Waals surface area (Å²) in [4.78, 5) is 30.1. The normalized spacial score (nSPS) is 13.7. The van der Waals surface area contributed by atoms with Gasteiger partial charge in [0.25, 0.3) is 0 Å². The second kappa shape index (κ2) is 8.16. The fourth-order valence-electron chi connectivity index (χ4n) is 2.65. The van der Waals surface area contributed by atoms with Crippen LogP contribution < -0.4 is 10.0 Å². The third-order valence-corrected chi connectivity index (χ3v) is 5.81. The third-order valence-electron chi connectivity index (χ3n) is 4.71. The minimum Gasteiger partial charge on any atom is -0.325 e. The highest BCUT2D eigenvalue weighted by Gasteiger charge is 2.32. The van der Waals surface area contributed by atoms with E-state index in [4.69, 9.17) is 0 Å². The van der Waals surface area contributed by atoms with Crippen molar-refractivity contribution in [3.63, 3.8) is 0 Å². The van der Waals surface area contributed by atoms with E-state index in [0.29, 0.717) is 22.6 Å². The van der Waals surface area contributed by atoms with Crippen LogP contribution >= 0.6 is 11.9 Å². The molecule has 29 heavy (non-hydrogen) atoms. The number of nitrogens with zero attached hydrogens (tertiary/aromatic N) is 4. The van der Waals surface area contributed by atoms with Crippen LogP contribution in [0.25, 0.3) is 11.3 Å². The molecule has 0 aliphatic heterocycles. The molecule has 3 aromatic rings. The molecule has 0 radical (unpaired) electrons. The van der Waals surface area contributed by atoms with Gasteiger partial charge in [0.15, 0.2) is 0 Å². The van der Waals surface area contributed by atoms with Crippen LogP contribution in [0.1, 0.15) is 32.4 Å². The standard InChI is InChI=1S/C21H22N6OS/c1-21(2,18-9-10-24-20(26-18)27-29-16-7-8-16)19(28)25-15-5-3-14(4-6-15)17-13-22-11-12-23-17/h3-6,9-13,16H,7-8H2,1-2H3,(H,25,28)(H,24,26,27). The van der Waals surface area contributed by atoms with Gasteiger partial charge in [0, 0.05) is 35.1 Å². The maximum Gasteiger partial charge on any atom is 0.236 e. The fourth-order valence-corrected chi connectivity index (χ4v) is 3.40. The van der Waals surface area contributed by atoms with Gasteiger partial charge in [-0.15, -0.1) is 0 Å². The first kappa shape index (κ1) is 19.3. The van der Waals surface area contributed by atoms with E-state index in [0.717, 1.165) is 11.3 Å². The zero-order chi connectivity index (χ0) is 20.3. The predicted octanol–water partition coefficient (Wildman–Crippen LogP) is 4.07. The first-order chi connectivity index (χ1) is 14.0. The summed E-state index contributed by atoms with van der Waals surface area (Å²) in [5, 5.41) is 3.62. The number of anilines is 2. The number of rotatable bonds is 7. The van der Waals surface area contributed by atoms with E-state index in [1.165, 1.54) is 12.8 Å². The summed E-state index contributed by atoms with van der Waals surface area (Å²) in [6.07, 6.45) is 9.13. The van der Waals surface area contributed by atoms with Gasteiger partial charge in [-0.2, -0.15) is 0 Å². The number of hydrogen-bond donors (Lipinski definition) is 2. The first-order valence-corrected chi connectivity index (χ1v) is 10.3. The minimum absolute atomic E-state index is 0.135. The van der Waals surface area contributed by atoms with Crippen LogP contribution in [0.3, 0.4) is 0 Å². The number of carbonyl (C=O) groups is 1. The van der Waals surface area contributed by atoms with Crippen molar-refractivity contribution in [1.29, 1.82) is 0 Å². The Morgan fingerprint density at radius 1 is 1.07 bits per heavy atom. The summed E-state index contributed by atoms with van der Waals surface area (Å²) in [6.45, 7) is 3.72. The number of aromatic nitrogens is 4. The van der Waals surface area contributed by atoms with Crippen LogP contribution in [-0.4, -0.2) is 31.1 Å². The Morgan fingerprint density at radius 2 is 1.86 bits per heavy atom. The van der Waals surface area contributed by atoms with Gasteiger partial charge in [-0.1, -0.05) is 12.1 Å². The average Bonchev–Trinajstić information content (AvgIpc) is 3.58. The number of benzene rings is 1. The van der Waals surface area contributed by atoms with E-state index >= 15 is 0 Å². The molecule has 2 heterocycles. The number of carbonyl (C=O) groups excluding carboxylic acids is 1. The molecule has 1 saturated carbocycles. The van der Waals surface area contributed by atoms with Crippen molar-refractivity contribution in [3.05, 3.63) is 60.8 Å². The molecule has 1 aliphatic carbocycles. The van der Waals surface area contributed by atoms with E-state index in [1.807, 2.05) is 38.1 Å².